The van der Waals surface area contributed by atoms with Crippen molar-refractivity contribution in [2.45, 2.75) is 19.6 Å². The molecule has 0 radical (unpaired) electrons. The van der Waals surface area contributed by atoms with Crippen LogP contribution >= 0.6 is 22.9 Å². The molecule has 0 aliphatic heterocycles. The number of benzene rings is 2. The van der Waals surface area contributed by atoms with Crippen LogP contribution in [0.4, 0.5) is 0 Å². The SMILES string of the molecule is Cc1nc(COc2ccccc2/C=C/C(=O)NC(c2ccc(Cl)cc2)c2nccn2C)cs1. The van der Waals surface area contributed by atoms with E-state index < -0.39 is 6.04 Å². The van der Waals surface area contributed by atoms with Crippen LogP contribution in [0.25, 0.3) is 6.08 Å². The normalized spacial score (nSPS) is 12.1. The van der Waals surface area contributed by atoms with Crippen molar-refractivity contribution < 1.29 is 9.53 Å². The van der Waals surface area contributed by atoms with Gasteiger partial charge in [-0.1, -0.05) is 41.9 Å². The Bertz CT molecular complexity index is 1260. The Morgan fingerprint density at radius 1 is 1.24 bits per heavy atom. The molecule has 1 unspecified atom stereocenters. The molecule has 8 heteroatoms. The first-order valence-electron chi connectivity index (χ1n) is 10.3. The van der Waals surface area contributed by atoms with Gasteiger partial charge in [0, 0.05) is 41.5 Å². The monoisotopic (exact) mass is 478 g/mol. The van der Waals surface area contributed by atoms with E-state index in [1.165, 1.54) is 6.08 Å². The summed E-state index contributed by atoms with van der Waals surface area (Å²) >= 11 is 7.63. The van der Waals surface area contributed by atoms with E-state index in [0.717, 1.165) is 27.7 Å². The minimum atomic E-state index is -0.418. The van der Waals surface area contributed by atoms with Crippen molar-refractivity contribution in [1.82, 2.24) is 19.9 Å². The summed E-state index contributed by atoms with van der Waals surface area (Å²) in [4.78, 5) is 21.7. The van der Waals surface area contributed by atoms with Crippen LogP contribution < -0.4 is 10.1 Å². The molecule has 33 heavy (non-hydrogen) atoms. The van der Waals surface area contributed by atoms with Crippen LogP contribution in [-0.2, 0) is 18.4 Å². The predicted molar refractivity (Wildman–Crippen MR) is 131 cm³/mol. The highest BCUT2D eigenvalue weighted by Gasteiger charge is 2.20. The molecular formula is C25H23ClN4O2S. The van der Waals surface area contributed by atoms with Crippen molar-refractivity contribution in [3.05, 3.63) is 105 Å². The molecule has 4 aromatic rings. The second kappa shape index (κ2) is 10.5. The molecule has 4 rings (SSSR count). The third-order valence-corrected chi connectivity index (χ3v) is 6.06. The molecule has 0 aliphatic rings. The van der Waals surface area contributed by atoms with E-state index in [-0.39, 0.29) is 5.91 Å². The number of carbonyl (C=O) groups is 1. The Labute approximate surface area is 201 Å². The summed E-state index contributed by atoms with van der Waals surface area (Å²) in [7, 11) is 1.89. The molecule has 1 amide bonds. The smallest absolute Gasteiger partial charge is 0.244 e. The molecule has 0 bridgehead atoms. The van der Waals surface area contributed by atoms with Gasteiger partial charge in [-0.2, -0.15) is 0 Å². The number of thiazole rings is 1. The van der Waals surface area contributed by atoms with Gasteiger partial charge in [-0.3, -0.25) is 4.79 Å². The lowest BCUT2D eigenvalue weighted by Crippen LogP contribution is -2.29. The quantitative estimate of drug-likeness (QED) is 0.347. The highest BCUT2D eigenvalue weighted by atomic mass is 35.5. The lowest BCUT2D eigenvalue weighted by molar-refractivity contribution is -0.117. The number of hydrogen-bond donors (Lipinski definition) is 1. The zero-order valence-corrected chi connectivity index (χ0v) is 19.8. The van der Waals surface area contributed by atoms with E-state index >= 15 is 0 Å². The van der Waals surface area contributed by atoms with Crippen molar-refractivity contribution in [2.24, 2.45) is 7.05 Å². The number of amides is 1. The number of imidazole rings is 1. The number of aromatic nitrogens is 3. The Morgan fingerprint density at radius 2 is 2.03 bits per heavy atom. The molecule has 168 valence electrons. The van der Waals surface area contributed by atoms with Crippen molar-refractivity contribution >= 4 is 34.9 Å². The van der Waals surface area contributed by atoms with E-state index in [1.54, 1.807) is 35.7 Å². The molecular weight excluding hydrogens is 456 g/mol. The molecule has 2 heterocycles. The van der Waals surface area contributed by atoms with E-state index in [4.69, 9.17) is 16.3 Å². The first kappa shape index (κ1) is 22.8. The Hall–Kier alpha value is -3.42. The number of rotatable bonds is 8. The molecule has 1 atom stereocenters. The second-order valence-corrected chi connectivity index (χ2v) is 8.91. The molecule has 2 aromatic carbocycles. The minimum absolute atomic E-state index is 0.247. The molecule has 1 N–H and O–H groups in total. The number of aryl methyl sites for hydroxylation is 2. The molecule has 0 aliphatic carbocycles. The van der Waals surface area contributed by atoms with Gasteiger partial charge < -0.3 is 14.6 Å². The van der Waals surface area contributed by atoms with Crippen LogP contribution in [0.1, 0.15) is 33.7 Å². The number of para-hydroxylation sites is 1. The molecule has 6 nitrogen and oxygen atoms in total. The van der Waals surface area contributed by atoms with E-state index in [9.17, 15) is 4.79 Å². The fraction of sp³-hybridized carbons (Fsp3) is 0.160. The van der Waals surface area contributed by atoms with Crippen molar-refractivity contribution in [1.29, 1.82) is 0 Å². The maximum atomic E-state index is 12.9. The first-order valence-corrected chi connectivity index (χ1v) is 11.6. The summed E-state index contributed by atoms with van der Waals surface area (Å²) in [5, 5.41) is 6.66. The summed E-state index contributed by atoms with van der Waals surface area (Å²) in [6, 6.07) is 14.5. The Kier molecular flexibility index (Phi) is 7.22. The number of nitrogens with one attached hydrogen (secondary N) is 1. The van der Waals surface area contributed by atoms with Crippen molar-refractivity contribution in [2.75, 3.05) is 0 Å². The average molecular weight is 479 g/mol. The Balaban J connectivity index is 1.49. The summed E-state index contributed by atoms with van der Waals surface area (Å²) in [5.74, 6) is 1.16. The molecule has 2 aromatic heterocycles. The van der Waals surface area contributed by atoms with Crippen LogP contribution in [-0.4, -0.2) is 20.4 Å². The predicted octanol–water partition coefficient (Wildman–Crippen LogP) is 5.34. The molecule has 0 saturated heterocycles. The first-order chi connectivity index (χ1) is 16.0. The number of hydrogen-bond acceptors (Lipinski definition) is 5. The van der Waals surface area contributed by atoms with Gasteiger partial charge in [-0.05, 0) is 36.8 Å². The second-order valence-electron chi connectivity index (χ2n) is 7.41. The average Bonchev–Trinajstić information content (AvgIpc) is 3.43. The van der Waals surface area contributed by atoms with E-state index in [1.807, 2.05) is 66.5 Å². The van der Waals surface area contributed by atoms with E-state index in [2.05, 4.69) is 15.3 Å². The van der Waals surface area contributed by atoms with Gasteiger partial charge in [0.15, 0.2) is 0 Å². The molecule has 0 fully saturated rings. The zero-order chi connectivity index (χ0) is 23.2. The van der Waals surface area contributed by atoms with Gasteiger partial charge in [0.2, 0.25) is 5.91 Å². The van der Waals surface area contributed by atoms with Gasteiger partial charge in [0.05, 0.1) is 10.7 Å². The van der Waals surface area contributed by atoms with Gasteiger partial charge in [0.25, 0.3) is 0 Å². The lowest BCUT2D eigenvalue weighted by Gasteiger charge is -2.18. The van der Waals surface area contributed by atoms with Crippen LogP contribution in [0, 0.1) is 6.92 Å². The van der Waals surface area contributed by atoms with Gasteiger partial charge in [-0.25, -0.2) is 9.97 Å². The number of carbonyl (C=O) groups excluding carboxylic acids is 1. The fourth-order valence-corrected chi connectivity index (χ4v) is 4.06. The number of nitrogens with zero attached hydrogens (tertiary/aromatic N) is 3. The fourth-order valence-electron chi connectivity index (χ4n) is 3.34. The number of halogens is 1. The summed E-state index contributed by atoms with van der Waals surface area (Å²) in [5.41, 5.74) is 2.58. The maximum absolute atomic E-state index is 12.9. The molecule has 0 saturated carbocycles. The lowest BCUT2D eigenvalue weighted by atomic mass is 10.1. The maximum Gasteiger partial charge on any atom is 0.244 e. The van der Waals surface area contributed by atoms with Crippen LogP contribution in [0.15, 0.2) is 72.4 Å². The van der Waals surface area contributed by atoms with Crippen molar-refractivity contribution in [3.63, 3.8) is 0 Å². The highest BCUT2D eigenvalue weighted by molar-refractivity contribution is 7.09. The summed E-state index contributed by atoms with van der Waals surface area (Å²) < 4.78 is 7.82. The topological polar surface area (TPSA) is 69.0 Å². The largest absolute Gasteiger partial charge is 0.487 e. The Morgan fingerprint density at radius 3 is 2.73 bits per heavy atom. The van der Waals surface area contributed by atoms with E-state index in [0.29, 0.717) is 17.4 Å². The third kappa shape index (κ3) is 5.88. The summed E-state index contributed by atoms with van der Waals surface area (Å²) in [6.45, 7) is 2.34. The zero-order valence-electron chi connectivity index (χ0n) is 18.2. The third-order valence-electron chi connectivity index (χ3n) is 4.98. The van der Waals surface area contributed by atoms with Gasteiger partial charge in [0.1, 0.15) is 24.2 Å². The molecule has 0 spiro atoms. The van der Waals surface area contributed by atoms with Crippen molar-refractivity contribution in [3.8, 4) is 5.75 Å². The summed E-state index contributed by atoms with van der Waals surface area (Å²) in [6.07, 6.45) is 6.80. The van der Waals surface area contributed by atoms with Crippen LogP contribution in [0.2, 0.25) is 5.02 Å². The van der Waals surface area contributed by atoms with Crippen LogP contribution in [0.3, 0.4) is 0 Å². The number of ether oxygens (including phenoxy) is 1. The van der Waals surface area contributed by atoms with Gasteiger partial charge in [-0.15, -0.1) is 11.3 Å². The minimum Gasteiger partial charge on any atom is -0.487 e. The van der Waals surface area contributed by atoms with Gasteiger partial charge >= 0.3 is 0 Å². The van der Waals surface area contributed by atoms with Crippen LogP contribution in [0.5, 0.6) is 5.75 Å². The highest BCUT2D eigenvalue weighted by Crippen LogP contribution is 2.24. The standard InChI is InChI=1S/C25H23ClN4O2S/c1-17-28-21(16-33-17)15-32-22-6-4-3-5-18(22)9-12-23(31)29-24(25-27-13-14-30(25)2)19-7-10-20(26)11-8-19/h3-14,16,24H,15H2,1-2H3,(H,29,31)/b12-9+.